The summed E-state index contributed by atoms with van der Waals surface area (Å²) in [6, 6.07) is 6.02. The van der Waals surface area contributed by atoms with E-state index in [2.05, 4.69) is 23.4 Å². The standard InChI is InChI=1S/C15H20N4O2/c1-3-9-21-10-13-12(11-7-8-11)5-4-6-14(13)19-15(20)18(2)16-17-19/h4-6,11H,3,7-10H2,1-2H3. The molecule has 2 aromatic rings. The molecule has 112 valence electrons. The van der Waals surface area contributed by atoms with E-state index in [-0.39, 0.29) is 5.69 Å². The van der Waals surface area contributed by atoms with Crippen LogP contribution in [0.15, 0.2) is 23.0 Å². The van der Waals surface area contributed by atoms with Crippen molar-refractivity contribution in [1.82, 2.24) is 19.8 Å². The minimum Gasteiger partial charge on any atom is -0.377 e. The lowest BCUT2D eigenvalue weighted by molar-refractivity contribution is 0.121. The molecule has 1 aliphatic carbocycles. The lowest BCUT2D eigenvalue weighted by Crippen LogP contribution is -2.23. The van der Waals surface area contributed by atoms with Gasteiger partial charge >= 0.3 is 5.69 Å². The summed E-state index contributed by atoms with van der Waals surface area (Å²) >= 11 is 0. The summed E-state index contributed by atoms with van der Waals surface area (Å²) in [5.74, 6) is 0.595. The molecule has 0 atom stereocenters. The molecule has 0 spiro atoms. The summed E-state index contributed by atoms with van der Waals surface area (Å²) < 4.78 is 8.32. The van der Waals surface area contributed by atoms with E-state index >= 15 is 0 Å². The van der Waals surface area contributed by atoms with Gasteiger partial charge in [0.1, 0.15) is 0 Å². The van der Waals surface area contributed by atoms with E-state index in [1.807, 2.05) is 12.1 Å². The zero-order valence-electron chi connectivity index (χ0n) is 12.5. The molecule has 1 aliphatic rings. The number of ether oxygens (including phenoxy) is 1. The Hall–Kier alpha value is -1.95. The Morgan fingerprint density at radius 2 is 2.14 bits per heavy atom. The molecule has 0 amide bonds. The van der Waals surface area contributed by atoms with Crippen LogP contribution in [0.25, 0.3) is 5.69 Å². The molecule has 0 N–H and O–H groups in total. The Balaban J connectivity index is 2.04. The summed E-state index contributed by atoms with van der Waals surface area (Å²) in [6.45, 7) is 3.31. The van der Waals surface area contributed by atoms with Crippen LogP contribution in [0.4, 0.5) is 0 Å². The van der Waals surface area contributed by atoms with Gasteiger partial charge in [0.25, 0.3) is 0 Å². The molecule has 0 bridgehead atoms. The van der Waals surface area contributed by atoms with E-state index in [0.717, 1.165) is 17.7 Å². The Morgan fingerprint density at radius 3 is 2.76 bits per heavy atom. The van der Waals surface area contributed by atoms with Crippen LogP contribution in [0.1, 0.15) is 43.2 Å². The average molecular weight is 288 g/mol. The van der Waals surface area contributed by atoms with Crippen LogP contribution in [0.2, 0.25) is 0 Å². The lowest BCUT2D eigenvalue weighted by atomic mass is 10.0. The van der Waals surface area contributed by atoms with Gasteiger partial charge in [0.2, 0.25) is 0 Å². The Labute approximate surface area is 123 Å². The molecule has 6 heteroatoms. The van der Waals surface area contributed by atoms with Crippen molar-refractivity contribution in [3.8, 4) is 5.69 Å². The highest BCUT2D eigenvalue weighted by Gasteiger charge is 2.28. The maximum atomic E-state index is 12.1. The minimum atomic E-state index is -0.236. The highest BCUT2D eigenvalue weighted by Crippen LogP contribution is 2.42. The Bertz CT molecular complexity index is 685. The van der Waals surface area contributed by atoms with E-state index in [1.165, 1.54) is 27.8 Å². The topological polar surface area (TPSA) is 61.9 Å². The zero-order valence-corrected chi connectivity index (χ0v) is 12.5. The first-order valence-corrected chi connectivity index (χ1v) is 7.41. The molecule has 1 aromatic heterocycles. The van der Waals surface area contributed by atoms with E-state index < -0.39 is 0 Å². The molecule has 1 fully saturated rings. The van der Waals surface area contributed by atoms with Crippen molar-refractivity contribution in [1.29, 1.82) is 0 Å². The second kappa shape index (κ2) is 5.81. The third kappa shape index (κ3) is 2.76. The van der Waals surface area contributed by atoms with Gasteiger partial charge in [0, 0.05) is 19.2 Å². The fourth-order valence-corrected chi connectivity index (χ4v) is 2.51. The fourth-order valence-electron chi connectivity index (χ4n) is 2.51. The van der Waals surface area contributed by atoms with Gasteiger partial charge in [-0.15, -0.1) is 0 Å². The molecule has 0 radical (unpaired) electrons. The SMILES string of the molecule is CCCOCc1c(C2CC2)cccc1-n1nnn(C)c1=O. The number of rotatable bonds is 6. The Morgan fingerprint density at radius 1 is 1.33 bits per heavy atom. The van der Waals surface area contributed by atoms with Crippen molar-refractivity contribution in [3.05, 3.63) is 39.8 Å². The van der Waals surface area contributed by atoms with Crippen molar-refractivity contribution in [2.24, 2.45) is 7.05 Å². The van der Waals surface area contributed by atoms with Crippen LogP contribution < -0.4 is 5.69 Å². The molecule has 1 saturated carbocycles. The normalized spacial score (nSPS) is 14.6. The second-order valence-electron chi connectivity index (χ2n) is 5.47. The largest absolute Gasteiger partial charge is 0.377 e. The predicted molar refractivity (Wildman–Crippen MR) is 78.5 cm³/mol. The molecular weight excluding hydrogens is 268 g/mol. The van der Waals surface area contributed by atoms with E-state index in [9.17, 15) is 4.79 Å². The number of aromatic nitrogens is 4. The van der Waals surface area contributed by atoms with Crippen molar-refractivity contribution in [2.45, 2.75) is 38.7 Å². The van der Waals surface area contributed by atoms with Gasteiger partial charge in [-0.05, 0) is 47.2 Å². The van der Waals surface area contributed by atoms with Gasteiger partial charge in [0.15, 0.2) is 0 Å². The van der Waals surface area contributed by atoms with Gasteiger partial charge in [-0.1, -0.05) is 19.1 Å². The first kappa shape index (κ1) is 14.0. The molecule has 3 rings (SSSR count). The number of aryl methyl sites for hydroxylation is 1. The summed E-state index contributed by atoms with van der Waals surface area (Å²) in [6.07, 6.45) is 3.39. The van der Waals surface area contributed by atoms with Gasteiger partial charge in [-0.2, -0.15) is 9.36 Å². The number of benzene rings is 1. The Kier molecular flexibility index (Phi) is 3.88. The van der Waals surface area contributed by atoms with Gasteiger partial charge in [-0.25, -0.2) is 4.79 Å². The van der Waals surface area contributed by atoms with Crippen LogP contribution in [0.5, 0.6) is 0 Å². The fraction of sp³-hybridized carbons (Fsp3) is 0.533. The van der Waals surface area contributed by atoms with Gasteiger partial charge < -0.3 is 4.74 Å². The van der Waals surface area contributed by atoms with Crippen LogP contribution in [-0.4, -0.2) is 26.4 Å². The summed E-state index contributed by atoms with van der Waals surface area (Å²) in [7, 11) is 1.60. The quantitative estimate of drug-likeness (QED) is 0.760. The third-order valence-corrected chi connectivity index (χ3v) is 3.75. The van der Waals surface area contributed by atoms with E-state index in [4.69, 9.17) is 4.74 Å². The molecule has 1 aromatic carbocycles. The lowest BCUT2D eigenvalue weighted by Gasteiger charge is -2.13. The predicted octanol–water partition coefficient (Wildman–Crippen LogP) is 1.77. The second-order valence-corrected chi connectivity index (χ2v) is 5.47. The van der Waals surface area contributed by atoms with Crippen LogP contribution >= 0.6 is 0 Å². The third-order valence-electron chi connectivity index (χ3n) is 3.75. The summed E-state index contributed by atoms with van der Waals surface area (Å²) in [4.78, 5) is 12.1. The molecule has 0 aliphatic heterocycles. The molecular formula is C15H20N4O2. The summed E-state index contributed by atoms with van der Waals surface area (Å²) in [5, 5.41) is 7.75. The number of nitrogens with zero attached hydrogens (tertiary/aromatic N) is 4. The minimum absolute atomic E-state index is 0.236. The number of hydrogen-bond acceptors (Lipinski definition) is 4. The first-order chi connectivity index (χ1) is 10.2. The molecule has 0 unspecified atom stereocenters. The van der Waals surface area contributed by atoms with Crippen molar-refractivity contribution >= 4 is 0 Å². The smallest absolute Gasteiger partial charge is 0.368 e. The van der Waals surface area contributed by atoms with Gasteiger partial charge in [0.05, 0.1) is 12.3 Å². The highest BCUT2D eigenvalue weighted by molar-refractivity contribution is 5.47. The number of hydrogen-bond donors (Lipinski definition) is 0. The molecule has 6 nitrogen and oxygen atoms in total. The molecule has 21 heavy (non-hydrogen) atoms. The highest BCUT2D eigenvalue weighted by atomic mass is 16.5. The zero-order chi connectivity index (χ0) is 14.8. The van der Waals surface area contributed by atoms with Gasteiger partial charge in [-0.3, -0.25) is 0 Å². The van der Waals surface area contributed by atoms with E-state index in [0.29, 0.717) is 19.1 Å². The van der Waals surface area contributed by atoms with E-state index in [1.54, 1.807) is 7.05 Å². The monoisotopic (exact) mass is 288 g/mol. The van der Waals surface area contributed by atoms with Crippen molar-refractivity contribution in [3.63, 3.8) is 0 Å². The maximum Gasteiger partial charge on any atom is 0.368 e. The number of tetrazole rings is 1. The summed E-state index contributed by atoms with van der Waals surface area (Å²) in [5.41, 5.74) is 2.89. The van der Waals surface area contributed by atoms with Crippen LogP contribution in [0.3, 0.4) is 0 Å². The van der Waals surface area contributed by atoms with Crippen molar-refractivity contribution < 1.29 is 4.74 Å². The maximum absolute atomic E-state index is 12.1. The van der Waals surface area contributed by atoms with Crippen LogP contribution in [-0.2, 0) is 18.4 Å². The first-order valence-electron chi connectivity index (χ1n) is 7.41. The molecule has 1 heterocycles. The molecule has 0 saturated heterocycles. The van der Waals surface area contributed by atoms with Crippen LogP contribution in [0, 0.1) is 0 Å². The average Bonchev–Trinajstić information content (AvgIpc) is 3.28. The van der Waals surface area contributed by atoms with Crippen molar-refractivity contribution in [2.75, 3.05) is 6.61 Å².